The Balaban J connectivity index is 2.10. The van der Waals surface area contributed by atoms with Crippen molar-refractivity contribution in [1.29, 1.82) is 5.41 Å². The molecule has 1 heterocycles. The van der Waals surface area contributed by atoms with Crippen LogP contribution < -0.4 is 10.6 Å². The number of likely N-dealkylation sites (N-methyl/N-ethyl adjacent to an activating group) is 1. The van der Waals surface area contributed by atoms with Crippen LogP contribution in [0.4, 0.5) is 5.69 Å². The molecule has 19 heavy (non-hydrogen) atoms. The van der Waals surface area contributed by atoms with Gasteiger partial charge < -0.3 is 15.2 Å². The largest absolute Gasteiger partial charge is 0.384 e. The van der Waals surface area contributed by atoms with Crippen LogP contribution in [0.2, 0.25) is 0 Å². The number of nitrogens with two attached hydrogens (primary N) is 1. The zero-order chi connectivity index (χ0) is 13.8. The molecule has 0 unspecified atom stereocenters. The fourth-order valence-electron chi connectivity index (χ4n) is 2.06. The van der Waals surface area contributed by atoms with Crippen LogP contribution in [-0.4, -0.2) is 29.0 Å². The second-order valence-electron chi connectivity index (χ2n) is 4.56. The van der Waals surface area contributed by atoms with E-state index in [4.69, 9.17) is 11.1 Å². The first-order chi connectivity index (χ1) is 9.09. The lowest BCUT2D eigenvalue weighted by Crippen LogP contribution is -2.25. The molecule has 0 saturated heterocycles. The second kappa shape index (κ2) is 5.56. The highest BCUT2D eigenvalue weighted by atomic mass is 15.1. The van der Waals surface area contributed by atoms with Gasteiger partial charge in [0.2, 0.25) is 0 Å². The Hall–Kier alpha value is -2.30. The fraction of sp³-hybridized carbons (Fsp3) is 0.286. The van der Waals surface area contributed by atoms with Crippen LogP contribution >= 0.6 is 0 Å². The number of aryl methyl sites for hydroxylation is 1. The molecule has 0 amide bonds. The fourth-order valence-corrected chi connectivity index (χ4v) is 2.06. The zero-order valence-corrected chi connectivity index (χ0v) is 11.3. The molecule has 0 saturated carbocycles. The third-order valence-corrected chi connectivity index (χ3v) is 3.20. The lowest BCUT2D eigenvalue weighted by Gasteiger charge is -2.21. The Labute approximate surface area is 113 Å². The van der Waals surface area contributed by atoms with Crippen molar-refractivity contribution < 1.29 is 0 Å². The third kappa shape index (κ3) is 2.93. The van der Waals surface area contributed by atoms with Gasteiger partial charge in [0, 0.05) is 50.7 Å². The lowest BCUT2D eigenvalue weighted by atomic mass is 10.1. The van der Waals surface area contributed by atoms with Gasteiger partial charge in [0.15, 0.2) is 0 Å². The van der Waals surface area contributed by atoms with E-state index in [9.17, 15) is 0 Å². The van der Waals surface area contributed by atoms with Crippen LogP contribution in [0.3, 0.4) is 0 Å². The molecule has 0 bridgehead atoms. The normalized spacial score (nSPS) is 10.4. The molecule has 5 heteroatoms. The molecular formula is C14H19N5. The van der Waals surface area contributed by atoms with Crippen LogP contribution in [-0.2, 0) is 13.5 Å². The van der Waals surface area contributed by atoms with E-state index in [1.165, 1.54) is 0 Å². The number of nitrogen functional groups attached to an aromatic ring is 1. The van der Waals surface area contributed by atoms with Crippen molar-refractivity contribution in [3.8, 4) is 0 Å². The van der Waals surface area contributed by atoms with E-state index in [0.717, 1.165) is 30.0 Å². The van der Waals surface area contributed by atoms with Crippen molar-refractivity contribution in [2.75, 3.05) is 18.5 Å². The predicted octanol–water partition coefficient (Wildman–Crippen LogP) is 1.38. The molecule has 0 aliphatic rings. The molecule has 100 valence electrons. The Kier molecular flexibility index (Phi) is 3.85. The summed E-state index contributed by atoms with van der Waals surface area (Å²) in [6.45, 7) is 0.829. The summed E-state index contributed by atoms with van der Waals surface area (Å²) in [5.74, 6) is 1.14. The first-order valence-corrected chi connectivity index (χ1v) is 6.20. The van der Waals surface area contributed by atoms with Crippen molar-refractivity contribution in [2.24, 2.45) is 12.8 Å². The lowest BCUT2D eigenvalue weighted by molar-refractivity contribution is 0.756. The van der Waals surface area contributed by atoms with Crippen molar-refractivity contribution >= 4 is 11.5 Å². The topological polar surface area (TPSA) is 70.9 Å². The van der Waals surface area contributed by atoms with Crippen LogP contribution in [0.15, 0.2) is 36.7 Å². The number of hydrogen-bond acceptors (Lipinski definition) is 3. The molecule has 2 rings (SSSR count). The van der Waals surface area contributed by atoms with Gasteiger partial charge in [0.1, 0.15) is 11.7 Å². The molecule has 2 aromatic rings. The van der Waals surface area contributed by atoms with E-state index in [1.807, 2.05) is 49.1 Å². The Bertz CT molecular complexity index is 573. The maximum Gasteiger partial charge on any atom is 0.124 e. The quantitative estimate of drug-likeness (QED) is 0.628. The number of rotatable bonds is 5. The summed E-state index contributed by atoms with van der Waals surface area (Å²) in [4.78, 5) is 6.41. The average molecular weight is 257 g/mol. The number of imidazole rings is 1. The minimum absolute atomic E-state index is 0.0967. The summed E-state index contributed by atoms with van der Waals surface area (Å²) < 4.78 is 2.02. The third-order valence-electron chi connectivity index (χ3n) is 3.20. The Morgan fingerprint density at radius 1 is 1.42 bits per heavy atom. The first-order valence-electron chi connectivity index (χ1n) is 6.20. The van der Waals surface area contributed by atoms with Crippen molar-refractivity contribution in [3.63, 3.8) is 0 Å². The molecule has 3 N–H and O–H groups in total. The van der Waals surface area contributed by atoms with Gasteiger partial charge in [-0.2, -0.15) is 0 Å². The van der Waals surface area contributed by atoms with Gasteiger partial charge in [0.05, 0.1) is 0 Å². The monoisotopic (exact) mass is 257 g/mol. The number of para-hydroxylation sites is 1. The number of hydrogen-bond donors (Lipinski definition) is 2. The predicted molar refractivity (Wildman–Crippen MR) is 77.6 cm³/mol. The minimum atomic E-state index is 0.0967. The highest BCUT2D eigenvalue weighted by molar-refractivity contribution is 6.00. The van der Waals surface area contributed by atoms with Gasteiger partial charge in [-0.3, -0.25) is 5.41 Å². The van der Waals surface area contributed by atoms with Crippen LogP contribution in [0.1, 0.15) is 11.4 Å². The molecule has 0 fully saturated rings. The van der Waals surface area contributed by atoms with Gasteiger partial charge in [0.25, 0.3) is 0 Å². The highest BCUT2D eigenvalue weighted by Gasteiger charge is 2.09. The Morgan fingerprint density at radius 2 is 2.16 bits per heavy atom. The molecule has 0 spiro atoms. The van der Waals surface area contributed by atoms with E-state index in [1.54, 1.807) is 6.20 Å². The Morgan fingerprint density at radius 3 is 2.79 bits per heavy atom. The molecule has 0 aliphatic heterocycles. The maximum atomic E-state index is 7.61. The van der Waals surface area contributed by atoms with Gasteiger partial charge in [-0.05, 0) is 12.1 Å². The summed E-state index contributed by atoms with van der Waals surface area (Å²) in [6.07, 6.45) is 4.60. The van der Waals surface area contributed by atoms with Crippen LogP contribution in [0.25, 0.3) is 0 Å². The smallest absolute Gasteiger partial charge is 0.124 e. The molecule has 0 radical (unpaired) electrons. The van der Waals surface area contributed by atoms with Crippen molar-refractivity contribution in [1.82, 2.24) is 9.55 Å². The van der Waals surface area contributed by atoms with E-state index < -0.39 is 0 Å². The first kappa shape index (κ1) is 13.1. The molecule has 0 atom stereocenters. The highest BCUT2D eigenvalue weighted by Crippen LogP contribution is 2.18. The molecule has 1 aromatic carbocycles. The summed E-state index contributed by atoms with van der Waals surface area (Å²) in [5.41, 5.74) is 7.35. The molecule has 1 aromatic heterocycles. The zero-order valence-electron chi connectivity index (χ0n) is 11.3. The van der Waals surface area contributed by atoms with Crippen LogP contribution in [0, 0.1) is 5.41 Å². The number of nitrogens with zero attached hydrogens (tertiary/aromatic N) is 3. The molecular weight excluding hydrogens is 238 g/mol. The van der Waals surface area contributed by atoms with Crippen molar-refractivity contribution in [3.05, 3.63) is 48.0 Å². The number of anilines is 1. The van der Waals surface area contributed by atoms with E-state index in [2.05, 4.69) is 9.88 Å². The summed E-state index contributed by atoms with van der Waals surface area (Å²) in [6, 6.07) is 7.70. The number of aromatic nitrogens is 2. The van der Waals surface area contributed by atoms with E-state index in [0.29, 0.717) is 0 Å². The summed E-state index contributed by atoms with van der Waals surface area (Å²) in [7, 11) is 4.00. The minimum Gasteiger partial charge on any atom is -0.384 e. The van der Waals surface area contributed by atoms with Crippen LogP contribution in [0.5, 0.6) is 0 Å². The molecule has 0 aliphatic carbocycles. The van der Waals surface area contributed by atoms with Gasteiger partial charge in [-0.25, -0.2) is 4.98 Å². The molecule has 5 nitrogen and oxygen atoms in total. The number of amidine groups is 1. The van der Waals surface area contributed by atoms with Gasteiger partial charge >= 0.3 is 0 Å². The number of nitrogens with one attached hydrogen (secondary N) is 1. The average Bonchev–Trinajstić information content (AvgIpc) is 2.81. The standard InChI is InChI=1S/C14H19N5/c1-18(9-7-13-17-8-10-19(13)2)12-6-4-3-5-11(12)14(15)16/h3-6,8,10H,7,9H2,1-2H3,(H3,15,16). The van der Waals surface area contributed by atoms with E-state index >= 15 is 0 Å². The SMILES string of the molecule is CN(CCc1nccn1C)c1ccccc1C(=N)N. The van der Waals surface area contributed by atoms with Gasteiger partial charge in [-0.15, -0.1) is 0 Å². The van der Waals surface area contributed by atoms with Gasteiger partial charge in [-0.1, -0.05) is 12.1 Å². The van der Waals surface area contributed by atoms with Crippen molar-refractivity contribution in [2.45, 2.75) is 6.42 Å². The maximum absolute atomic E-state index is 7.61. The summed E-state index contributed by atoms with van der Waals surface area (Å²) >= 11 is 0. The second-order valence-corrected chi connectivity index (χ2v) is 4.56. The summed E-state index contributed by atoms with van der Waals surface area (Å²) in [5, 5.41) is 7.61. The number of benzene rings is 1. The van der Waals surface area contributed by atoms with E-state index in [-0.39, 0.29) is 5.84 Å².